The van der Waals surface area contributed by atoms with Gasteiger partial charge in [0.05, 0.1) is 0 Å². The first-order chi connectivity index (χ1) is 8.79. The lowest BCUT2D eigenvalue weighted by molar-refractivity contribution is 0.299. The highest BCUT2D eigenvalue weighted by Crippen LogP contribution is 2.21. The number of aliphatic hydroxyl groups excluding tert-OH is 1. The molecule has 3 heteroatoms. The summed E-state index contributed by atoms with van der Waals surface area (Å²) in [6.07, 6.45) is 0.656. The van der Waals surface area contributed by atoms with Crippen LogP contribution >= 0.6 is 15.9 Å². The van der Waals surface area contributed by atoms with Crippen LogP contribution in [-0.4, -0.2) is 11.7 Å². The van der Waals surface area contributed by atoms with Crippen molar-refractivity contribution in [2.45, 2.75) is 13.0 Å². The van der Waals surface area contributed by atoms with Crippen LogP contribution in [0.25, 0.3) is 0 Å². The van der Waals surface area contributed by atoms with Gasteiger partial charge in [-0.05, 0) is 51.7 Å². The molecule has 0 saturated heterocycles. The van der Waals surface area contributed by atoms with E-state index in [-0.39, 0.29) is 6.61 Å². The molecule has 2 nitrogen and oxygen atoms in total. The van der Waals surface area contributed by atoms with Gasteiger partial charge in [-0.25, -0.2) is 0 Å². The molecule has 2 aromatic rings. The average molecular weight is 305 g/mol. The standard InChI is InChI=1S/C15H15BrNO/c16-14-6-1-2-7-15(14)17-11-13-5-3-4-12(10-13)8-9-18/h1-7,17-18H,8-9,11H2. The van der Waals surface area contributed by atoms with Crippen molar-refractivity contribution >= 4 is 21.6 Å². The average Bonchev–Trinajstić information content (AvgIpc) is 2.39. The Labute approximate surface area is 116 Å². The summed E-state index contributed by atoms with van der Waals surface area (Å²) in [5.41, 5.74) is 3.21. The minimum Gasteiger partial charge on any atom is -0.396 e. The number of aliphatic hydroxyl groups is 1. The number of rotatable bonds is 5. The number of halogens is 1. The van der Waals surface area contributed by atoms with Crippen LogP contribution in [-0.2, 0) is 13.0 Å². The van der Waals surface area contributed by atoms with Crippen LogP contribution in [0.1, 0.15) is 11.1 Å². The normalized spacial score (nSPS) is 10.3. The summed E-state index contributed by atoms with van der Waals surface area (Å²) in [5.74, 6) is 0. The van der Waals surface area contributed by atoms with E-state index in [0.717, 1.165) is 27.8 Å². The van der Waals surface area contributed by atoms with Gasteiger partial charge in [-0.3, -0.25) is 0 Å². The Morgan fingerprint density at radius 3 is 2.61 bits per heavy atom. The Balaban J connectivity index is 2.02. The van der Waals surface area contributed by atoms with Crippen LogP contribution in [0.15, 0.2) is 46.9 Å². The molecule has 0 aliphatic rings. The van der Waals surface area contributed by atoms with Gasteiger partial charge in [-0.15, -0.1) is 0 Å². The monoisotopic (exact) mass is 304 g/mol. The number of hydrogen-bond acceptors (Lipinski definition) is 2. The zero-order chi connectivity index (χ0) is 12.8. The van der Waals surface area contributed by atoms with Crippen molar-refractivity contribution in [3.63, 3.8) is 0 Å². The van der Waals surface area contributed by atoms with Gasteiger partial charge in [0.25, 0.3) is 0 Å². The van der Waals surface area contributed by atoms with Crippen molar-refractivity contribution in [1.29, 1.82) is 0 Å². The van der Waals surface area contributed by atoms with Gasteiger partial charge < -0.3 is 10.4 Å². The van der Waals surface area contributed by atoms with E-state index in [4.69, 9.17) is 5.11 Å². The predicted octanol–water partition coefficient (Wildman–Crippen LogP) is 3.40. The first kappa shape index (κ1) is 13.1. The van der Waals surface area contributed by atoms with E-state index in [2.05, 4.69) is 27.3 Å². The first-order valence-electron chi connectivity index (χ1n) is 5.89. The molecule has 2 rings (SSSR count). The second-order valence-corrected chi connectivity index (χ2v) is 4.86. The van der Waals surface area contributed by atoms with E-state index < -0.39 is 0 Å². The molecule has 0 atom stereocenters. The summed E-state index contributed by atoms with van der Waals surface area (Å²) in [6.45, 7) is 0.888. The molecule has 0 heterocycles. The third-order valence-electron chi connectivity index (χ3n) is 2.64. The summed E-state index contributed by atoms with van der Waals surface area (Å²) >= 11 is 3.50. The molecule has 93 valence electrons. The van der Waals surface area contributed by atoms with E-state index in [9.17, 15) is 0 Å². The quantitative estimate of drug-likeness (QED) is 0.887. The lowest BCUT2D eigenvalue weighted by Gasteiger charge is -2.09. The molecule has 1 radical (unpaired) electrons. The molecule has 2 N–H and O–H groups in total. The third-order valence-corrected chi connectivity index (χ3v) is 3.33. The smallest absolute Gasteiger partial charge is 0.0487 e. The molecule has 2 aromatic carbocycles. The fraction of sp³-hybridized carbons (Fsp3) is 0.200. The zero-order valence-corrected chi connectivity index (χ0v) is 11.6. The SMILES string of the molecule is OCCc1[c]c(CNc2ccccc2Br)ccc1. The number of hydrogen-bond donors (Lipinski definition) is 2. The van der Waals surface area contributed by atoms with Gasteiger partial charge in [0.1, 0.15) is 0 Å². The van der Waals surface area contributed by atoms with Crippen LogP contribution in [0.2, 0.25) is 0 Å². The third kappa shape index (κ3) is 3.59. The lowest BCUT2D eigenvalue weighted by Crippen LogP contribution is -2.01. The molecular weight excluding hydrogens is 290 g/mol. The molecule has 0 amide bonds. The fourth-order valence-electron chi connectivity index (χ4n) is 1.73. The van der Waals surface area contributed by atoms with E-state index >= 15 is 0 Å². The zero-order valence-electron chi connectivity index (χ0n) is 9.99. The van der Waals surface area contributed by atoms with E-state index in [1.807, 2.05) is 42.5 Å². The highest BCUT2D eigenvalue weighted by molar-refractivity contribution is 9.10. The summed E-state index contributed by atoms with van der Waals surface area (Å²) < 4.78 is 1.05. The Morgan fingerprint density at radius 1 is 1.06 bits per heavy atom. The van der Waals surface area contributed by atoms with Crippen LogP contribution in [0.3, 0.4) is 0 Å². The molecule has 0 bridgehead atoms. The Hall–Kier alpha value is -1.32. The van der Waals surface area contributed by atoms with Gasteiger partial charge in [0.15, 0.2) is 0 Å². The van der Waals surface area contributed by atoms with Crippen LogP contribution in [0.5, 0.6) is 0 Å². The molecule has 0 saturated carbocycles. The summed E-state index contributed by atoms with van der Waals surface area (Å²) in [4.78, 5) is 0. The van der Waals surface area contributed by atoms with Crippen molar-refractivity contribution < 1.29 is 5.11 Å². The minimum atomic E-state index is 0.164. The maximum absolute atomic E-state index is 8.91. The Kier molecular flexibility index (Phi) is 4.79. The minimum absolute atomic E-state index is 0.164. The van der Waals surface area contributed by atoms with Gasteiger partial charge in [0.2, 0.25) is 0 Å². The predicted molar refractivity (Wildman–Crippen MR) is 77.5 cm³/mol. The van der Waals surface area contributed by atoms with Crippen molar-refractivity contribution in [3.8, 4) is 0 Å². The van der Waals surface area contributed by atoms with Crippen LogP contribution in [0.4, 0.5) is 5.69 Å². The second-order valence-electron chi connectivity index (χ2n) is 4.01. The number of para-hydroxylation sites is 1. The van der Waals surface area contributed by atoms with Crippen molar-refractivity contribution in [2.24, 2.45) is 0 Å². The molecule has 0 fully saturated rings. The molecule has 0 aliphatic heterocycles. The largest absolute Gasteiger partial charge is 0.396 e. The van der Waals surface area contributed by atoms with Gasteiger partial charge in [-0.1, -0.05) is 30.3 Å². The number of anilines is 1. The Morgan fingerprint density at radius 2 is 1.83 bits per heavy atom. The lowest BCUT2D eigenvalue weighted by atomic mass is 10.1. The molecule has 0 aliphatic carbocycles. The molecular formula is C15H15BrNO. The fourth-order valence-corrected chi connectivity index (χ4v) is 2.16. The number of benzene rings is 2. The van der Waals surface area contributed by atoms with E-state index in [1.54, 1.807) is 0 Å². The van der Waals surface area contributed by atoms with Gasteiger partial charge >= 0.3 is 0 Å². The van der Waals surface area contributed by atoms with Crippen molar-refractivity contribution in [1.82, 2.24) is 0 Å². The molecule has 18 heavy (non-hydrogen) atoms. The van der Waals surface area contributed by atoms with E-state index in [0.29, 0.717) is 6.42 Å². The highest BCUT2D eigenvalue weighted by Gasteiger charge is 1.99. The first-order valence-corrected chi connectivity index (χ1v) is 6.68. The summed E-state index contributed by atoms with van der Waals surface area (Å²) in [7, 11) is 0. The Bertz CT molecular complexity index is 513. The molecule has 0 unspecified atom stereocenters. The van der Waals surface area contributed by atoms with Gasteiger partial charge in [0, 0.05) is 23.3 Å². The van der Waals surface area contributed by atoms with Crippen molar-refractivity contribution in [2.75, 3.05) is 11.9 Å². The van der Waals surface area contributed by atoms with Crippen molar-refractivity contribution in [3.05, 3.63) is 64.1 Å². The molecule has 0 aromatic heterocycles. The summed E-state index contributed by atoms with van der Waals surface area (Å²) in [6, 6.07) is 17.3. The van der Waals surface area contributed by atoms with Crippen LogP contribution in [0, 0.1) is 6.07 Å². The maximum Gasteiger partial charge on any atom is 0.0487 e. The summed E-state index contributed by atoms with van der Waals surface area (Å²) in [5, 5.41) is 12.3. The maximum atomic E-state index is 8.91. The topological polar surface area (TPSA) is 32.3 Å². The highest BCUT2D eigenvalue weighted by atomic mass is 79.9. The van der Waals surface area contributed by atoms with E-state index in [1.165, 1.54) is 0 Å². The van der Waals surface area contributed by atoms with Gasteiger partial charge in [-0.2, -0.15) is 0 Å². The molecule has 0 spiro atoms. The second kappa shape index (κ2) is 6.57. The number of nitrogens with one attached hydrogen (secondary N) is 1. The van der Waals surface area contributed by atoms with Crippen LogP contribution < -0.4 is 5.32 Å².